The Kier molecular flexibility index (Phi) is 3.62. The fourth-order valence-electron chi connectivity index (χ4n) is 2.19. The highest BCUT2D eigenvalue weighted by molar-refractivity contribution is 6.35. The van der Waals surface area contributed by atoms with E-state index >= 15 is 0 Å². The molecule has 3 nitrogen and oxygen atoms in total. The molecule has 21 heavy (non-hydrogen) atoms. The molecule has 0 aliphatic rings. The second kappa shape index (κ2) is 5.43. The minimum Gasteiger partial charge on any atom is -0.396 e. The van der Waals surface area contributed by atoms with Crippen LogP contribution >= 0.6 is 23.2 Å². The number of nitrogens with zero attached hydrogens (tertiary/aromatic N) is 2. The quantitative estimate of drug-likeness (QED) is 0.742. The zero-order chi connectivity index (χ0) is 15.0. The van der Waals surface area contributed by atoms with Crippen molar-refractivity contribution in [3.8, 4) is 16.9 Å². The Bertz CT molecular complexity index is 809. The maximum absolute atomic E-state index is 6.21. The molecule has 3 aromatic rings. The van der Waals surface area contributed by atoms with E-state index in [1.165, 1.54) is 0 Å². The lowest BCUT2D eigenvalue weighted by Gasteiger charge is -2.04. The molecule has 0 aliphatic carbocycles. The summed E-state index contributed by atoms with van der Waals surface area (Å²) < 4.78 is 1.67. The van der Waals surface area contributed by atoms with Crippen LogP contribution in [0.3, 0.4) is 0 Å². The molecule has 2 aromatic carbocycles. The molecule has 0 fully saturated rings. The normalized spacial score (nSPS) is 10.8. The summed E-state index contributed by atoms with van der Waals surface area (Å²) in [4.78, 5) is 0. The summed E-state index contributed by atoms with van der Waals surface area (Å²) in [5, 5.41) is 5.66. The largest absolute Gasteiger partial charge is 0.396 e. The molecule has 0 atom stereocenters. The van der Waals surface area contributed by atoms with Gasteiger partial charge in [0.15, 0.2) is 0 Å². The number of hydrogen-bond donors (Lipinski definition) is 1. The van der Waals surface area contributed by atoms with E-state index in [4.69, 9.17) is 28.9 Å². The van der Waals surface area contributed by atoms with Gasteiger partial charge in [-0.05, 0) is 31.2 Å². The first-order valence-electron chi connectivity index (χ1n) is 6.42. The van der Waals surface area contributed by atoms with Crippen molar-refractivity contribution in [1.82, 2.24) is 9.78 Å². The van der Waals surface area contributed by atoms with Crippen LogP contribution in [0.5, 0.6) is 0 Å². The van der Waals surface area contributed by atoms with Crippen LogP contribution in [0.2, 0.25) is 10.0 Å². The van der Waals surface area contributed by atoms with Crippen LogP contribution in [0.25, 0.3) is 16.9 Å². The van der Waals surface area contributed by atoms with E-state index in [-0.39, 0.29) is 0 Å². The average Bonchev–Trinajstić information content (AvgIpc) is 2.80. The molecule has 0 unspecified atom stereocenters. The molecule has 106 valence electrons. The number of halogens is 2. The standard InChI is InChI=1S/C16H13Cl2N3/c1-10-3-2-4-11(7-10)16-14(19)9-21(20-16)15-6-5-12(17)8-13(15)18/h2-9H,19H2,1H3. The van der Waals surface area contributed by atoms with Crippen LogP contribution in [0.1, 0.15) is 5.56 Å². The van der Waals surface area contributed by atoms with Crippen molar-refractivity contribution in [3.63, 3.8) is 0 Å². The van der Waals surface area contributed by atoms with E-state index in [9.17, 15) is 0 Å². The number of anilines is 1. The fourth-order valence-corrected chi connectivity index (χ4v) is 2.69. The van der Waals surface area contributed by atoms with Crippen molar-refractivity contribution in [1.29, 1.82) is 0 Å². The first-order chi connectivity index (χ1) is 10.0. The predicted molar refractivity (Wildman–Crippen MR) is 88.2 cm³/mol. The minimum atomic E-state index is 0.529. The Morgan fingerprint density at radius 1 is 1.10 bits per heavy atom. The third-order valence-electron chi connectivity index (χ3n) is 3.19. The van der Waals surface area contributed by atoms with Crippen molar-refractivity contribution < 1.29 is 0 Å². The molecule has 0 saturated heterocycles. The molecule has 0 bridgehead atoms. The zero-order valence-corrected chi connectivity index (χ0v) is 12.9. The van der Waals surface area contributed by atoms with Crippen molar-refractivity contribution in [3.05, 3.63) is 64.3 Å². The Balaban J connectivity index is 2.09. The number of hydrogen-bond acceptors (Lipinski definition) is 2. The highest BCUT2D eigenvalue weighted by atomic mass is 35.5. The summed E-state index contributed by atoms with van der Waals surface area (Å²) in [7, 11) is 0. The summed E-state index contributed by atoms with van der Waals surface area (Å²) in [6.45, 7) is 2.03. The van der Waals surface area contributed by atoms with E-state index in [0.717, 1.165) is 22.5 Å². The van der Waals surface area contributed by atoms with Gasteiger partial charge in [0.2, 0.25) is 0 Å². The van der Waals surface area contributed by atoms with Crippen LogP contribution in [0.4, 0.5) is 5.69 Å². The third-order valence-corrected chi connectivity index (χ3v) is 3.73. The predicted octanol–water partition coefficient (Wildman–Crippen LogP) is 4.74. The molecule has 5 heteroatoms. The Morgan fingerprint density at radius 3 is 2.62 bits per heavy atom. The highest BCUT2D eigenvalue weighted by Crippen LogP contribution is 2.29. The molecule has 0 saturated carbocycles. The Labute approximate surface area is 132 Å². The third kappa shape index (κ3) is 2.75. The van der Waals surface area contributed by atoms with Gasteiger partial charge in [0, 0.05) is 10.6 Å². The van der Waals surface area contributed by atoms with Gasteiger partial charge in [-0.15, -0.1) is 0 Å². The van der Waals surface area contributed by atoms with Gasteiger partial charge in [0.25, 0.3) is 0 Å². The number of nitrogen functional groups attached to an aromatic ring is 1. The Morgan fingerprint density at radius 2 is 1.90 bits per heavy atom. The van der Waals surface area contributed by atoms with E-state index < -0.39 is 0 Å². The summed E-state index contributed by atoms with van der Waals surface area (Å²) in [6, 6.07) is 13.3. The lowest BCUT2D eigenvalue weighted by molar-refractivity contribution is 0.884. The van der Waals surface area contributed by atoms with Gasteiger partial charge in [-0.25, -0.2) is 4.68 Å². The molecule has 0 aliphatic heterocycles. The highest BCUT2D eigenvalue weighted by Gasteiger charge is 2.12. The van der Waals surface area contributed by atoms with Crippen LogP contribution in [0.15, 0.2) is 48.7 Å². The van der Waals surface area contributed by atoms with Gasteiger partial charge in [0.05, 0.1) is 22.6 Å². The van der Waals surface area contributed by atoms with Crippen molar-refractivity contribution in [2.75, 3.05) is 5.73 Å². The van der Waals surface area contributed by atoms with E-state index in [2.05, 4.69) is 5.10 Å². The molecular formula is C16H13Cl2N3. The molecule has 1 heterocycles. The molecule has 3 rings (SSSR count). The lowest BCUT2D eigenvalue weighted by Crippen LogP contribution is -1.96. The van der Waals surface area contributed by atoms with Crippen LogP contribution in [-0.4, -0.2) is 9.78 Å². The summed E-state index contributed by atoms with van der Waals surface area (Å²) in [5.74, 6) is 0. The van der Waals surface area contributed by atoms with Gasteiger partial charge in [-0.2, -0.15) is 5.10 Å². The second-order valence-corrected chi connectivity index (χ2v) is 5.69. The number of aromatic nitrogens is 2. The van der Waals surface area contributed by atoms with E-state index in [0.29, 0.717) is 15.7 Å². The van der Waals surface area contributed by atoms with Gasteiger partial charge in [-0.3, -0.25) is 0 Å². The monoisotopic (exact) mass is 317 g/mol. The van der Waals surface area contributed by atoms with Crippen LogP contribution < -0.4 is 5.73 Å². The molecule has 0 spiro atoms. The number of aryl methyl sites for hydroxylation is 1. The van der Waals surface area contributed by atoms with Crippen molar-refractivity contribution >= 4 is 28.9 Å². The van der Waals surface area contributed by atoms with Gasteiger partial charge in [0.1, 0.15) is 5.69 Å². The average molecular weight is 318 g/mol. The number of benzene rings is 2. The topological polar surface area (TPSA) is 43.8 Å². The summed E-state index contributed by atoms with van der Waals surface area (Å²) in [6.07, 6.45) is 1.76. The SMILES string of the molecule is Cc1cccc(-c2nn(-c3ccc(Cl)cc3Cl)cc2N)c1. The lowest BCUT2D eigenvalue weighted by atomic mass is 10.1. The molecule has 0 amide bonds. The number of nitrogens with two attached hydrogens (primary N) is 1. The summed E-state index contributed by atoms with van der Waals surface area (Å²) >= 11 is 12.1. The van der Waals surface area contributed by atoms with Crippen LogP contribution in [0, 0.1) is 6.92 Å². The van der Waals surface area contributed by atoms with Crippen LogP contribution in [-0.2, 0) is 0 Å². The van der Waals surface area contributed by atoms with Gasteiger partial charge < -0.3 is 5.73 Å². The zero-order valence-electron chi connectivity index (χ0n) is 11.3. The first-order valence-corrected chi connectivity index (χ1v) is 7.18. The molecular weight excluding hydrogens is 305 g/mol. The molecule has 2 N–H and O–H groups in total. The molecule has 1 aromatic heterocycles. The maximum atomic E-state index is 6.21. The fraction of sp³-hybridized carbons (Fsp3) is 0.0625. The Hall–Kier alpha value is -1.97. The maximum Gasteiger partial charge on any atom is 0.116 e. The van der Waals surface area contributed by atoms with E-state index in [1.54, 1.807) is 23.0 Å². The summed E-state index contributed by atoms with van der Waals surface area (Å²) in [5.41, 5.74) is 10.3. The van der Waals surface area contributed by atoms with Gasteiger partial charge in [-0.1, -0.05) is 47.0 Å². The molecule has 0 radical (unpaired) electrons. The van der Waals surface area contributed by atoms with Crippen molar-refractivity contribution in [2.45, 2.75) is 6.92 Å². The van der Waals surface area contributed by atoms with Crippen molar-refractivity contribution in [2.24, 2.45) is 0 Å². The smallest absolute Gasteiger partial charge is 0.116 e. The van der Waals surface area contributed by atoms with Gasteiger partial charge >= 0.3 is 0 Å². The second-order valence-electron chi connectivity index (χ2n) is 4.84. The number of rotatable bonds is 2. The minimum absolute atomic E-state index is 0.529. The van der Waals surface area contributed by atoms with E-state index in [1.807, 2.05) is 37.3 Å². The first kappa shape index (κ1) is 14.0.